The molecule has 160 valence electrons. The quantitative estimate of drug-likeness (QED) is 0.145. The Kier molecular flexibility index (Phi) is 48.9. The van der Waals surface area contributed by atoms with Crippen molar-refractivity contribution in [3.8, 4) is 0 Å². The van der Waals surface area contributed by atoms with Crippen LogP contribution < -0.4 is 0 Å². The minimum atomic E-state index is -5.17. The minimum Gasteiger partial charge on any atom is -0.759 e. The molecule has 0 amide bonds. The average Bonchev–Trinajstić information content (AvgIpc) is 1.79. The molecule has 0 aromatic heterocycles. The van der Waals surface area contributed by atoms with E-state index < -0.39 is 52.0 Å². The molecular weight excluding hydrogens is 583 g/mol. The molecule has 0 aromatic carbocycles. The van der Waals surface area contributed by atoms with Crippen molar-refractivity contribution in [2.45, 2.75) is 0 Å². The van der Waals surface area contributed by atoms with Gasteiger partial charge in [-0.15, -0.1) is 0 Å². The second-order valence-electron chi connectivity index (χ2n) is 2.04. The smallest absolute Gasteiger partial charge is 0.759 e. The molecule has 0 N–H and O–H groups in total. The van der Waals surface area contributed by atoms with Crippen LogP contribution in [0.1, 0.15) is 0 Å². The SMILES string of the molecule is O=S(=O)([O-])[O-].O=S(=O)([O-])[O-].O=S(=O)([O-])[O-].O=S(=O)([O-])[O-].O=S(=O)([O-])[O-].[Al+3].[Al+3].[Mg+2].[Mg+2]. The molecule has 20 nitrogen and oxygen atoms in total. The molecule has 0 aliphatic rings. The number of hydrogen-bond donors (Lipinski definition) is 0. The Morgan fingerprint density at radius 2 is 0.276 bits per heavy atom. The molecule has 0 rings (SSSR count). The number of rotatable bonds is 0. The van der Waals surface area contributed by atoms with Crippen LogP contribution in [0, 0.1) is 0 Å². The molecule has 0 aliphatic heterocycles. The topological polar surface area (TPSA) is 401 Å². The van der Waals surface area contributed by atoms with Crippen LogP contribution in [0.25, 0.3) is 0 Å². The average molecular weight is 583 g/mol. The van der Waals surface area contributed by atoms with Crippen molar-refractivity contribution in [2.24, 2.45) is 0 Å². The Hall–Kier alpha value is 1.95. The van der Waals surface area contributed by atoms with Gasteiger partial charge in [0, 0.05) is 52.0 Å². The second kappa shape index (κ2) is 24.6. The van der Waals surface area contributed by atoms with Crippen molar-refractivity contribution < 1.29 is 87.6 Å². The molecule has 0 unspecified atom stereocenters. The zero-order valence-corrected chi connectivity index (χ0v) is 22.0. The summed E-state index contributed by atoms with van der Waals surface area (Å²) in [7, 11) is -25.8. The van der Waals surface area contributed by atoms with Gasteiger partial charge in [-0.3, -0.25) is 42.1 Å². The van der Waals surface area contributed by atoms with Gasteiger partial charge in [-0.25, -0.2) is 0 Å². The van der Waals surface area contributed by atoms with E-state index in [2.05, 4.69) is 0 Å². The molecular formula is Al2Mg2O20S5. The van der Waals surface area contributed by atoms with Gasteiger partial charge in [0.05, 0.1) is 0 Å². The van der Waals surface area contributed by atoms with Gasteiger partial charge in [-0.1, -0.05) is 0 Å². The molecule has 0 bridgehead atoms. The first kappa shape index (κ1) is 57.6. The van der Waals surface area contributed by atoms with Gasteiger partial charge in [0.25, 0.3) is 0 Å². The summed E-state index contributed by atoms with van der Waals surface area (Å²) in [5, 5.41) is 0. The molecule has 29 heavy (non-hydrogen) atoms. The van der Waals surface area contributed by atoms with Gasteiger partial charge < -0.3 is 45.5 Å². The normalized spacial score (nSPS) is 10.0. The van der Waals surface area contributed by atoms with Crippen molar-refractivity contribution in [2.75, 3.05) is 0 Å². The standard InChI is InChI=1S/2Al.2Mg.5H2O4S/c;;;;5*1-5(2,3)4/h;;;;5*(H2,1,2,3,4)/q2*+3;2*+2;;;;;/p-10. The molecule has 0 spiro atoms. The first-order valence-corrected chi connectivity index (χ1v) is 10.0. The first-order chi connectivity index (χ1) is 10.0. The van der Waals surface area contributed by atoms with Gasteiger partial charge in [-0.2, -0.15) is 0 Å². The third-order valence-electron chi connectivity index (χ3n) is 0. The summed E-state index contributed by atoms with van der Waals surface area (Å²) in [5.41, 5.74) is 0. The van der Waals surface area contributed by atoms with E-state index in [1.165, 1.54) is 0 Å². The summed E-state index contributed by atoms with van der Waals surface area (Å²) >= 11 is 0. The Morgan fingerprint density at radius 3 is 0.276 bits per heavy atom. The van der Waals surface area contributed by atoms with Crippen molar-refractivity contribution in [1.82, 2.24) is 0 Å². The fraction of sp³-hybridized carbons (Fsp3) is 0. The van der Waals surface area contributed by atoms with Crippen LogP contribution in [0.3, 0.4) is 0 Å². The molecule has 0 fully saturated rings. The van der Waals surface area contributed by atoms with E-state index in [4.69, 9.17) is 87.6 Å². The largest absolute Gasteiger partial charge is 3.00 e. The molecule has 29 heteroatoms. The summed E-state index contributed by atoms with van der Waals surface area (Å²) < 4.78 is 170. The number of hydrogen-bond acceptors (Lipinski definition) is 20. The van der Waals surface area contributed by atoms with Crippen LogP contribution in [0.2, 0.25) is 0 Å². The predicted molar refractivity (Wildman–Crippen MR) is 75.4 cm³/mol. The van der Waals surface area contributed by atoms with Crippen LogP contribution in [0.4, 0.5) is 0 Å². The summed E-state index contributed by atoms with van der Waals surface area (Å²) in [6, 6.07) is 0. The zero-order chi connectivity index (χ0) is 22.5. The summed E-state index contributed by atoms with van der Waals surface area (Å²) in [4.78, 5) is 0. The van der Waals surface area contributed by atoms with Crippen molar-refractivity contribution >= 4 is 133 Å². The molecule has 0 aliphatic carbocycles. The van der Waals surface area contributed by atoms with Gasteiger partial charge in [-0.05, 0) is 0 Å². The molecule has 0 aromatic rings. The fourth-order valence-corrected chi connectivity index (χ4v) is 0. The summed E-state index contributed by atoms with van der Waals surface area (Å²) in [6.07, 6.45) is 0. The fourth-order valence-electron chi connectivity index (χ4n) is 0. The van der Waals surface area contributed by atoms with Crippen molar-refractivity contribution in [3.63, 3.8) is 0 Å². The van der Waals surface area contributed by atoms with Gasteiger partial charge >= 0.3 is 80.8 Å². The molecule has 0 saturated heterocycles. The van der Waals surface area contributed by atoms with Crippen molar-refractivity contribution in [3.05, 3.63) is 0 Å². The van der Waals surface area contributed by atoms with E-state index in [9.17, 15) is 0 Å². The molecule has 0 radical (unpaired) electrons. The Bertz CT molecular complexity index is 629. The second-order valence-corrected chi connectivity index (χ2v) is 6.12. The minimum absolute atomic E-state index is 0. The van der Waals surface area contributed by atoms with Crippen LogP contribution in [0.5, 0.6) is 0 Å². The predicted octanol–water partition coefficient (Wildman–Crippen LogP) is -8.21. The third-order valence-corrected chi connectivity index (χ3v) is 0. The summed E-state index contributed by atoms with van der Waals surface area (Å²) in [6.45, 7) is 0. The van der Waals surface area contributed by atoms with Gasteiger partial charge in [0.1, 0.15) is 0 Å². The maximum atomic E-state index is 8.52. The van der Waals surface area contributed by atoms with Crippen LogP contribution in [-0.4, -0.2) is 168 Å². The monoisotopic (exact) mass is 582 g/mol. The van der Waals surface area contributed by atoms with Crippen LogP contribution in [-0.2, 0) is 52.0 Å². The van der Waals surface area contributed by atoms with E-state index in [1.807, 2.05) is 0 Å². The maximum Gasteiger partial charge on any atom is 3.00 e. The van der Waals surface area contributed by atoms with Crippen LogP contribution in [0.15, 0.2) is 0 Å². The Morgan fingerprint density at radius 1 is 0.276 bits per heavy atom. The van der Waals surface area contributed by atoms with Gasteiger partial charge in [0.2, 0.25) is 0 Å². The Labute approximate surface area is 218 Å². The summed E-state index contributed by atoms with van der Waals surface area (Å²) in [5.74, 6) is 0. The molecule has 0 saturated carbocycles. The van der Waals surface area contributed by atoms with E-state index in [0.29, 0.717) is 0 Å². The van der Waals surface area contributed by atoms with Crippen LogP contribution >= 0.6 is 0 Å². The molecule has 0 heterocycles. The van der Waals surface area contributed by atoms with E-state index in [0.717, 1.165) is 0 Å². The van der Waals surface area contributed by atoms with E-state index in [1.54, 1.807) is 0 Å². The van der Waals surface area contributed by atoms with E-state index in [-0.39, 0.29) is 80.8 Å². The van der Waals surface area contributed by atoms with Gasteiger partial charge in [0.15, 0.2) is 0 Å². The van der Waals surface area contributed by atoms with E-state index >= 15 is 0 Å². The zero-order valence-electron chi connectivity index (χ0n) is 12.8. The Balaban J connectivity index is -0.0000000238. The first-order valence-electron chi connectivity index (χ1n) is 3.33. The maximum absolute atomic E-state index is 8.52. The van der Waals surface area contributed by atoms with Crippen molar-refractivity contribution in [1.29, 1.82) is 0 Å². The molecule has 0 atom stereocenters. The third kappa shape index (κ3) is 6170.